The molecule has 0 heterocycles. The van der Waals surface area contributed by atoms with Crippen LogP contribution in [0.4, 0.5) is 0 Å². The maximum Gasteiger partial charge on any atom is 0.127 e. The Kier molecular flexibility index (Phi) is 4.06. The summed E-state index contributed by atoms with van der Waals surface area (Å²) in [6.45, 7) is 1.95. The van der Waals surface area contributed by atoms with E-state index in [0.717, 1.165) is 12.2 Å². The summed E-state index contributed by atoms with van der Waals surface area (Å²) >= 11 is 0. The Morgan fingerprint density at radius 3 is 2.62 bits per heavy atom. The number of allylic oxidation sites excluding steroid dienone is 1. The normalized spacial score (nSPS) is 11.4. The van der Waals surface area contributed by atoms with E-state index < -0.39 is 0 Å². The van der Waals surface area contributed by atoms with E-state index in [1.54, 1.807) is 0 Å². The SMILES string of the molecule is CCC=C(CO)Oc1ccccc1. The minimum atomic E-state index is -0.0528. The molecule has 1 aromatic carbocycles. The third kappa shape index (κ3) is 3.30. The summed E-state index contributed by atoms with van der Waals surface area (Å²) in [5, 5.41) is 8.93. The molecule has 0 atom stereocenters. The smallest absolute Gasteiger partial charge is 0.127 e. The highest BCUT2D eigenvalue weighted by Gasteiger charge is 1.96. The Balaban J connectivity index is 2.62. The first-order valence-electron chi connectivity index (χ1n) is 4.39. The Labute approximate surface area is 78.5 Å². The zero-order chi connectivity index (χ0) is 9.52. The third-order valence-corrected chi connectivity index (χ3v) is 1.58. The fourth-order valence-electron chi connectivity index (χ4n) is 1.01. The lowest BCUT2D eigenvalue weighted by molar-refractivity contribution is 0.262. The molecular formula is C11H14O2. The predicted octanol–water partition coefficient (Wildman–Crippen LogP) is 2.35. The first-order valence-corrected chi connectivity index (χ1v) is 4.39. The molecule has 0 bridgehead atoms. The second kappa shape index (κ2) is 5.38. The van der Waals surface area contributed by atoms with Crippen molar-refractivity contribution in [3.63, 3.8) is 0 Å². The molecule has 0 fully saturated rings. The zero-order valence-corrected chi connectivity index (χ0v) is 7.73. The average Bonchev–Trinajstić information content (AvgIpc) is 2.19. The second-order valence-corrected chi connectivity index (χ2v) is 2.65. The number of hydrogen-bond donors (Lipinski definition) is 1. The molecule has 0 saturated carbocycles. The van der Waals surface area contributed by atoms with Crippen LogP contribution in [0.25, 0.3) is 0 Å². The number of aliphatic hydroxyl groups is 1. The quantitative estimate of drug-likeness (QED) is 0.717. The van der Waals surface area contributed by atoms with Crippen LogP contribution in [0.3, 0.4) is 0 Å². The van der Waals surface area contributed by atoms with Crippen LogP contribution < -0.4 is 4.74 Å². The van der Waals surface area contributed by atoms with Crippen molar-refractivity contribution in [3.8, 4) is 5.75 Å². The van der Waals surface area contributed by atoms with Crippen LogP contribution >= 0.6 is 0 Å². The molecule has 0 aliphatic rings. The average molecular weight is 178 g/mol. The van der Waals surface area contributed by atoms with E-state index in [-0.39, 0.29) is 6.61 Å². The summed E-state index contributed by atoms with van der Waals surface area (Å²) < 4.78 is 5.42. The van der Waals surface area contributed by atoms with Gasteiger partial charge in [0.25, 0.3) is 0 Å². The molecular weight excluding hydrogens is 164 g/mol. The molecule has 70 valence electrons. The summed E-state index contributed by atoms with van der Waals surface area (Å²) in [5.41, 5.74) is 0. The molecule has 0 spiro atoms. The molecule has 0 unspecified atom stereocenters. The molecule has 0 amide bonds. The fourth-order valence-corrected chi connectivity index (χ4v) is 1.01. The summed E-state index contributed by atoms with van der Waals surface area (Å²) in [6, 6.07) is 9.44. The third-order valence-electron chi connectivity index (χ3n) is 1.58. The number of rotatable bonds is 4. The van der Waals surface area contributed by atoms with E-state index in [0.29, 0.717) is 5.76 Å². The molecule has 1 N–H and O–H groups in total. The van der Waals surface area contributed by atoms with Crippen molar-refractivity contribution >= 4 is 0 Å². The van der Waals surface area contributed by atoms with Crippen LogP contribution in [0.1, 0.15) is 13.3 Å². The van der Waals surface area contributed by atoms with Gasteiger partial charge in [0.15, 0.2) is 0 Å². The van der Waals surface area contributed by atoms with Crippen molar-refractivity contribution in [2.24, 2.45) is 0 Å². The van der Waals surface area contributed by atoms with Gasteiger partial charge >= 0.3 is 0 Å². The molecule has 0 aliphatic carbocycles. The summed E-state index contributed by atoms with van der Waals surface area (Å²) in [7, 11) is 0. The Bertz CT molecular complexity index is 265. The van der Waals surface area contributed by atoms with Crippen LogP contribution in [0.2, 0.25) is 0 Å². The van der Waals surface area contributed by atoms with E-state index in [4.69, 9.17) is 9.84 Å². The van der Waals surface area contributed by atoms with Crippen molar-refractivity contribution in [2.45, 2.75) is 13.3 Å². The van der Waals surface area contributed by atoms with E-state index in [1.807, 2.05) is 43.3 Å². The highest BCUT2D eigenvalue weighted by molar-refractivity contribution is 5.23. The topological polar surface area (TPSA) is 29.5 Å². The predicted molar refractivity (Wildman–Crippen MR) is 52.5 cm³/mol. The lowest BCUT2D eigenvalue weighted by atomic mass is 10.3. The lowest BCUT2D eigenvalue weighted by Crippen LogP contribution is -1.99. The van der Waals surface area contributed by atoms with Crippen LogP contribution in [0, 0.1) is 0 Å². The van der Waals surface area contributed by atoms with Gasteiger partial charge in [-0.05, 0) is 24.6 Å². The maximum atomic E-state index is 8.93. The van der Waals surface area contributed by atoms with Gasteiger partial charge in [0.2, 0.25) is 0 Å². The highest BCUT2D eigenvalue weighted by atomic mass is 16.5. The van der Waals surface area contributed by atoms with Gasteiger partial charge in [-0.25, -0.2) is 0 Å². The van der Waals surface area contributed by atoms with Crippen molar-refractivity contribution < 1.29 is 9.84 Å². The van der Waals surface area contributed by atoms with E-state index >= 15 is 0 Å². The standard InChI is InChI=1S/C11H14O2/c1-2-6-11(9-12)13-10-7-4-3-5-8-10/h3-8,12H,2,9H2,1H3. The number of ether oxygens (including phenoxy) is 1. The highest BCUT2D eigenvalue weighted by Crippen LogP contribution is 2.12. The summed E-state index contributed by atoms with van der Waals surface area (Å²) in [4.78, 5) is 0. The van der Waals surface area contributed by atoms with Gasteiger partial charge in [-0.15, -0.1) is 0 Å². The van der Waals surface area contributed by atoms with Crippen LogP contribution in [-0.4, -0.2) is 11.7 Å². The number of para-hydroxylation sites is 1. The zero-order valence-electron chi connectivity index (χ0n) is 7.73. The Morgan fingerprint density at radius 1 is 1.38 bits per heavy atom. The number of aliphatic hydroxyl groups excluding tert-OH is 1. The molecule has 2 heteroatoms. The molecule has 0 aromatic heterocycles. The Hall–Kier alpha value is -1.28. The molecule has 0 saturated heterocycles. The molecule has 0 aliphatic heterocycles. The van der Waals surface area contributed by atoms with Crippen molar-refractivity contribution in [3.05, 3.63) is 42.2 Å². The fraction of sp³-hybridized carbons (Fsp3) is 0.273. The van der Waals surface area contributed by atoms with Crippen molar-refractivity contribution in [1.82, 2.24) is 0 Å². The molecule has 0 radical (unpaired) electrons. The first-order chi connectivity index (χ1) is 6.36. The minimum Gasteiger partial charge on any atom is -0.460 e. The van der Waals surface area contributed by atoms with Gasteiger partial charge in [-0.1, -0.05) is 25.1 Å². The van der Waals surface area contributed by atoms with Crippen LogP contribution in [0.15, 0.2) is 42.2 Å². The second-order valence-electron chi connectivity index (χ2n) is 2.65. The van der Waals surface area contributed by atoms with Gasteiger partial charge in [-0.2, -0.15) is 0 Å². The minimum absolute atomic E-state index is 0.0528. The van der Waals surface area contributed by atoms with E-state index in [2.05, 4.69) is 0 Å². The molecule has 13 heavy (non-hydrogen) atoms. The van der Waals surface area contributed by atoms with E-state index in [9.17, 15) is 0 Å². The maximum absolute atomic E-state index is 8.93. The van der Waals surface area contributed by atoms with Crippen LogP contribution in [0.5, 0.6) is 5.75 Å². The van der Waals surface area contributed by atoms with Gasteiger partial charge in [0.1, 0.15) is 18.1 Å². The first kappa shape index (κ1) is 9.81. The summed E-state index contributed by atoms with van der Waals surface area (Å²) in [5.74, 6) is 1.37. The van der Waals surface area contributed by atoms with Gasteiger partial charge < -0.3 is 9.84 Å². The largest absolute Gasteiger partial charge is 0.460 e. The molecule has 1 rings (SSSR count). The van der Waals surface area contributed by atoms with Gasteiger partial charge in [0.05, 0.1) is 0 Å². The summed E-state index contributed by atoms with van der Waals surface area (Å²) in [6.07, 6.45) is 2.73. The number of hydrogen-bond acceptors (Lipinski definition) is 2. The molecule has 2 nitrogen and oxygen atoms in total. The monoisotopic (exact) mass is 178 g/mol. The van der Waals surface area contributed by atoms with Crippen LogP contribution in [-0.2, 0) is 0 Å². The van der Waals surface area contributed by atoms with Gasteiger partial charge in [0, 0.05) is 0 Å². The molecule has 1 aromatic rings. The van der Waals surface area contributed by atoms with Gasteiger partial charge in [-0.3, -0.25) is 0 Å². The van der Waals surface area contributed by atoms with Crippen molar-refractivity contribution in [2.75, 3.05) is 6.61 Å². The lowest BCUT2D eigenvalue weighted by Gasteiger charge is -2.06. The van der Waals surface area contributed by atoms with E-state index in [1.165, 1.54) is 0 Å². The Morgan fingerprint density at radius 2 is 2.08 bits per heavy atom. The number of benzene rings is 1. The van der Waals surface area contributed by atoms with Crippen molar-refractivity contribution in [1.29, 1.82) is 0 Å².